The lowest BCUT2D eigenvalue weighted by Gasteiger charge is -2.40. The molecule has 1 saturated heterocycles. The molecule has 9 nitrogen and oxygen atoms in total. The number of nitrogens with zero attached hydrogens (tertiary/aromatic N) is 6. The number of halogens is 4. The van der Waals surface area contributed by atoms with Gasteiger partial charge in [0.25, 0.3) is 5.91 Å². The van der Waals surface area contributed by atoms with Crippen LogP contribution in [0.1, 0.15) is 48.2 Å². The lowest BCUT2D eigenvalue weighted by molar-refractivity contribution is -0.138. The average Bonchev–Trinajstić information content (AvgIpc) is 3.35. The number of aromatic nitrogens is 4. The highest BCUT2D eigenvalue weighted by Gasteiger charge is 2.38. The molecule has 1 N–H and O–H groups in total. The predicted octanol–water partition coefficient (Wildman–Crippen LogP) is 5.01. The molecular formula is C28H25F4N7O2. The minimum absolute atomic E-state index is 0.381. The number of fused-ring (bicyclic) bond motifs is 1. The molecule has 41 heavy (non-hydrogen) atoms. The molecule has 0 spiro atoms. The van der Waals surface area contributed by atoms with Gasteiger partial charge in [0.2, 0.25) is 0 Å². The maximum atomic E-state index is 13.7. The van der Waals surface area contributed by atoms with Crippen LogP contribution < -0.4 is 15.0 Å². The third-order valence-corrected chi connectivity index (χ3v) is 7.07. The number of carbonyl (C=O) groups excluding carboxylic acids is 1. The van der Waals surface area contributed by atoms with E-state index in [9.17, 15) is 27.6 Å². The van der Waals surface area contributed by atoms with Gasteiger partial charge >= 0.3 is 6.18 Å². The molecule has 0 aliphatic carbocycles. The summed E-state index contributed by atoms with van der Waals surface area (Å²) in [6, 6.07) is 5.78. The minimum Gasteiger partial charge on any atom is -0.492 e. The number of benzene rings is 1. The Morgan fingerprint density at radius 3 is 2.56 bits per heavy atom. The first kappa shape index (κ1) is 27.8. The number of anilines is 1. The van der Waals surface area contributed by atoms with Crippen LogP contribution in [0.15, 0.2) is 49.1 Å². The zero-order chi connectivity index (χ0) is 29.4. The number of hydrogen-bond donors (Lipinski definition) is 1. The van der Waals surface area contributed by atoms with Gasteiger partial charge in [-0.1, -0.05) is 0 Å². The van der Waals surface area contributed by atoms with Crippen LogP contribution in [0.2, 0.25) is 0 Å². The second-order valence-electron chi connectivity index (χ2n) is 9.94. The quantitative estimate of drug-likeness (QED) is 0.327. The Labute approximate surface area is 232 Å². The molecule has 1 aliphatic heterocycles. The molecule has 0 radical (unpaired) electrons. The summed E-state index contributed by atoms with van der Waals surface area (Å²) in [4.78, 5) is 23.9. The standard InChI is InChI=1S/C28H25F4N7O2/c1-3-41-19-11-21(25-17(12-33)13-36-39(25)16-19)23-14-35-24(15-34-23)38-8-6-27(2,7-9-38)37-26(40)20-10-18(29)4-5-22(20)28(30,31)32/h4-5,10-11,13-16H,3,6-9H2,1-2H3,(H,37,40). The van der Waals surface area contributed by atoms with Crippen molar-refractivity contribution >= 4 is 17.2 Å². The number of pyridine rings is 1. The molecule has 0 bridgehead atoms. The number of rotatable bonds is 6. The topological polar surface area (TPSA) is 108 Å². The van der Waals surface area contributed by atoms with E-state index in [1.807, 2.05) is 11.8 Å². The fraction of sp³-hybridized carbons (Fsp3) is 0.321. The summed E-state index contributed by atoms with van der Waals surface area (Å²) in [7, 11) is 0. The Morgan fingerprint density at radius 1 is 1.17 bits per heavy atom. The van der Waals surface area contributed by atoms with E-state index in [2.05, 4.69) is 26.5 Å². The van der Waals surface area contributed by atoms with Gasteiger partial charge in [-0.05, 0) is 51.0 Å². The van der Waals surface area contributed by atoms with Crippen molar-refractivity contribution in [2.45, 2.75) is 38.4 Å². The van der Waals surface area contributed by atoms with Crippen LogP contribution in [0, 0.1) is 17.1 Å². The van der Waals surface area contributed by atoms with Gasteiger partial charge in [0.05, 0.1) is 59.3 Å². The Balaban J connectivity index is 1.31. The van der Waals surface area contributed by atoms with Crippen molar-refractivity contribution < 1.29 is 27.1 Å². The predicted molar refractivity (Wildman–Crippen MR) is 141 cm³/mol. The summed E-state index contributed by atoms with van der Waals surface area (Å²) < 4.78 is 61.1. The van der Waals surface area contributed by atoms with Crippen LogP contribution in [-0.2, 0) is 6.18 Å². The SMILES string of the molecule is CCOc1cc(-c2cnc(N3CCC(C)(NC(=O)c4cc(F)ccc4C(F)(F)F)CC3)cn2)c2c(C#N)cnn2c1. The van der Waals surface area contributed by atoms with E-state index in [0.717, 1.165) is 0 Å². The molecule has 3 aromatic heterocycles. The van der Waals surface area contributed by atoms with Crippen molar-refractivity contribution in [3.05, 3.63) is 71.6 Å². The van der Waals surface area contributed by atoms with Crippen molar-refractivity contribution in [3.63, 3.8) is 0 Å². The van der Waals surface area contributed by atoms with E-state index in [0.29, 0.717) is 84.6 Å². The zero-order valence-electron chi connectivity index (χ0n) is 22.2. The Kier molecular flexibility index (Phi) is 7.25. The molecule has 4 heterocycles. The van der Waals surface area contributed by atoms with Gasteiger partial charge < -0.3 is 15.0 Å². The summed E-state index contributed by atoms with van der Waals surface area (Å²) in [6.07, 6.45) is 2.39. The molecule has 13 heteroatoms. The van der Waals surface area contributed by atoms with Gasteiger partial charge in [0.1, 0.15) is 23.5 Å². The number of amides is 1. The van der Waals surface area contributed by atoms with E-state index >= 15 is 0 Å². The van der Waals surface area contributed by atoms with Gasteiger partial charge in [-0.2, -0.15) is 23.5 Å². The highest BCUT2D eigenvalue weighted by molar-refractivity contribution is 5.96. The number of nitrogens with one attached hydrogen (secondary N) is 1. The van der Waals surface area contributed by atoms with Crippen molar-refractivity contribution in [1.82, 2.24) is 24.9 Å². The molecule has 1 fully saturated rings. The number of carbonyl (C=O) groups is 1. The molecule has 0 saturated carbocycles. The highest BCUT2D eigenvalue weighted by atomic mass is 19.4. The maximum absolute atomic E-state index is 13.7. The van der Waals surface area contributed by atoms with Gasteiger partial charge in [-0.3, -0.25) is 9.78 Å². The largest absolute Gasteiger partial charge is 0.492 e. The molecule has 4 aromatic rings. The fourth-order valence-electron chi connectivity index (χ4n) is 4.89. The first-order chi connectivity index (χ1) is 19.5. The van der Waals surface area contributed by atoms with Gasteiger partial charge in [0, 0.05) is 24.2 Å². The molecular weight excluding hydrogens is 542 g/mol. The summed E-state index contributed by atoms with van der Waals surface area (Å²) in [5, 5.41) is 16.5. The fourth-order valence-corrected chi connectivity index (χ4v) is 4.89. The molecule has 1 amide bonds. The molecule has 1 aliphatic rings. The van der Waals surface area contributed by atoms with E-state index in [4.69, 9.17) is 4.74 Å². The van der Waals surface area contributed by atoms with E-state index < -0.39 is 34.6 Å². The van der Waals surface area contributed by atoms with Gasteiger partial charge in [-0.25, -0.2) is 13.9 Å². The van der Waals surface area contributed by atoms with Crippen molar-refractivity contribution in [3.8, 4) is 23.1 Å². The van der Waals surface area contributed by atoms with E-state index in [1.165, 1.54) is 6.20 Å². The Hall–Kier alpha value is -4.73. The van der Waals surface area contributed by atoms with Crippen LogP contribution in [-0.4, -0.2) is 50.7 Å². The van der Waals surface area contributed by atoms with Crippen LogP contribution in [0.5, 0.6) is 5.75 Å². The summed E-state index contributed by atoms with van der Waals surface area (Å²) >= 11 is 0. The second kappa shape index (κ2) is 10.7. The van der Waals surface area contributed by atoms with Crippen molar-refractivity contribution in [1.29, 1.82) is 5.26 Å². The highest BCUT2D eigenvalue weighted by Crippen LogP contribution is 2.34. The molecule has 212 valence electrons. The first-order valence-corrected chi connectivity index (χ1v) is 12.8. The Bertz CT molecular complexity index is 1640. The van der Waals surface area contributed by atoms with E-state index in [1.54, 1.807) is 36.1 Å². The number of hydrogen-bond acceptors (Lipinski definition) is 7. The molecule has 0 atom stereocenters. The number of ether oxygens (including phenoxy) is 1. The summed E-state index contributed by atoms with van der Waals surface area (Å²) in [6.45, 7) is 4.95. The third kappa shape index (κ3) is 5.63. The van der Waals surface area contributed by atoms with Crippen LogP contribution in [0.4, 0.5) is 23.4 Å². The average molecular weight is 568 g/mol. The smallest absolute Gasteiger partial charge is 0.417 e. The van der Waals surface area contributed by atoms with Crippen molar-refractivity contribution in [2.24, 2.45) is 0 Å². The van der Waals surface area contributed by atoms with Gasteiger partial charge in [-0.15, -0.1) is 0 Å². The van der Waals surface area contributed by atoms with Crippen LogP contribution >= 0.6 is 0 Å². The van der Waals surface area contributed by atoms with Crippen LogP contribution in [0.25, 0.3) is 16.8 Å². The zero-order valence-corrected chi connectivity index (χ0v) is 22.2. The molecule has 1 aromatic carbocycles. The lowest BCUT2D eigenvalue weighted by Crippen LogP contribution is -2.53. The first-order valence-electron chi connectivity index (χ1n) is 12.8. The lowest BCUT2D eigenvalue weighted by atomic mass is 9.89. The van der Waals surface area contributed by atoms with Crippen LogP contribution in [0.3, 0.4) is 0 Å². The molecule has 5 rings (SSSR count). The number of nitriles is 1. The second-order valence-corrected chi connectivity index (χ2v) is 9.94. The monoisotopic (exact) mass is 567 g/mol. The Morgan fingerprint density at radius 2 is 1.93 bits per heavy atom. The normalized spacial score (nSPS) is 15.0. The van der Waals surface area contributed by atoms with Gasteiger partial charge in [0.15, 0.2) is 0 Å². The third-order valence-electron chi connectivity index (χ3n) is 7.07. The summed E-state index contributed by atoms with van der Waals surface area (Å²) in [5.74, 6) is -0.759. The molecule has 0 unspecified atom stereocenters. The van der Waals surface area contributed by atoms with Crippen molar-refractivity contribution in [2.75, 3.05) is 24.6 Å². The maximum Gasteiger partial charge on any atom is 0.417 e. The summed E-state index contributed by atoms with van der Waals surface area (Å²) in [5.41, 5.74) is -0.633. The minimum atomic E-state index is -4.79. The number of alkyl halides is 3. The van der Waals surface area contributed by atoms with E-state index in [-0.39, 0.29) is 0 Å². The number of piperidine rings is 1.